The predicted octanol–water partition coefficient (Wildman–Crippen LogP) is 3.35. The molecule has 1 aromatic rings. The summed E-state index contributed by atoms with van der Waals surface area (Å²) < 4.78 is 0. The summed E-state index contributed by atoms with van der Waals surface area (Å²) in [6, 6.07) is 7.91. The molecule has 1 aliphatic carbocycles. The largest absolute Gasteiger partial charge is 0.342 e. The van der Waals surface area contributed by atoms with E-state index < -0.39 is 0 Å². The second kappa shape index (κ2) is 6.59. The molecule has 3 rings (SSSR count). The highest BCUT2D eigenvalue weighted by molar-refractivity contribution is 6.30. The Labute approximate surface area is 137 Å². The number of rotatable bonds is 3. The molecule has 1 aliphatic heterocycles. The van der Waals surface area contributed by atoms with Crippen LogP contribution >= 0.6 is 11.6 Å². The van der Waals surface area contributed by atoms with Crippen LogP contribution in [0.25, 0.3) is 0 Å². The molecule has 1 aromatic carbocycles. The van der Waals surface area contributed by atoms with E-state index in [0.717, 1.165) is 55.8 Å². The maximum absolute atomic E-state index is 13.3. The maximum Gasteiger partial charge on any atom is 0.233 e. The van der Waals surface area contributed by atoms with E-state index >= 15 is 0 Å². The molecule has 2 aliphatic rings. The van der Waals surface area contributed by atoms with Gasteiger partial charge >= 0.3 is 0 Å². The number of nitrogens with two attached hydrogens (primary N) is 1. The number of likely N-dealkylation sites (tertiary alicyclic amines) is 1. The molecule has 0 radical (unpaired) electrons. The van der Waals surface area contributed by atoms with E-state index in [0.29, 0.717) is 18.4 Å². The molecule has 2 N–H and O–H groups in total. The van der Waals surface area contributed by atoms with Crippen molar-refractivity contribution in [3.05, 3.63) is 34.9 Å². The summed E-state index contributed by atoms with van der Waals surface area (Å²) in [7, 11) is 0. The Kier molecular flexibility index (Phi) is 4.74. The second-order valence-corrected chi connectivity index (χ2v) is 7.23. The first kappa shape index (κ1) is 15.8. The molecule has 4 heteroatoms. The fourth-order valence-corrected chi connectivity index (χ4v) is 4.27. The number of amides is 1. The number of carbonyl (C=O) groups is 1. The van der Waals surface area contributed by atoms with Crippen molar-refractivity contribution in [2.75, 3.05) is 19.6 Å². The third-order valence-corrected chi connectivity index (χ3v) is 5.64. The average molecular weight is 321 g/mol. The minimum absolute atomic E-state index is 0.297. The summed E-state index contributed by atoms with van der Waals surface area (Å²) in [6.45, 7) is 2.34. The van der Waals surface area contributed by atoms with E-state index in [-0.39, 0.29) is 5.41 Å². The van der Waals surface area contributed by atoms with Crippen LogP contribution in [-0.4, -0.2) is 30.4 Å². The minimum Gasteiger partial charge on any atom is -0.342 e. The summed E-state index contributed by atoms with van der Waals surface area (Å²) in [5, 5.41) is 0.719. The first-order valence-corrected chi connectivity index (χ1v) is 8.79. The number of halogens is 1. The summed E-state index contributed by atoms with van der Waals surface area (Å²) >= 11 is 6.19. The van der Waals surface area contributed by atoms with Crippen LogP contribution < -0.4 is 5.73 Å². The molecule has 1 saturated carbocycles. The quantitative estimate of drug-likeness (QED) is 0.928. The highest BCUT2D eigenvalue weighted by atomic mass is 35.5. The van der Waals surface area contributed by atoms with Crippen LogP contribution in [0.2, 0.25) is 5.02 Å². The van der Waals surface area contributed by atoms with Crippen LogP contribution in [0.3, 0.4) is 0 Å². The van der Waals surface area contributed by atoms with Gasteiger partial charge in [0.2, 0.25) is 5.91 Å². The molecule has 0 bridgehead atoms. The molecule has 1 unspecified atom stereocenters. The van der Waals surface area contributed by atoms with Gasteiger partial charge in [0.05, 0.1) is 5.41 Å². The van der Waals surface area contributed by atoms with Crippen molar-refractivity contribution in [2.45, 2.75) is 43.9 Å². The van der Waals surface area contributed by atoms with Crippen LogP contribution in [0.5, 0.6) is 0 Å². The molecule has 22 heavy (non-hydrogen) atoms. The monoisotopic (exact) mass is 320 g/mol. The zero-order valence-corrected chi connectivity index (χ0v) is 13.8. The van der Waals surface area contributed by atoms with Crippen molar-refractivity contribution in [3.8, 4) is 0 Å². The lowest BCUT2D eigenvalue weighted by atomic mass is 9.68. The average Bonchev–Trinajstić information content (AvgIpc) is 3.04. The van der Waals surface area contributed by atoms with E-state index in [2.05, 4.69) is 6.07 Å². The van der Waals surface area contributed by atoms with Crippen molar-refractivity contribution in [1.29, 1.82) is 0 Å². The van der Waals surface area contributed by atoms with Gasteiger partial charge in [-0.2, -0.15) is 0 Å². The second-order valence-electron chi connectivity index (χ2n) is 6.79. The SMILES string of the molecule is NCC1CCN(C(=O)C2(c3cccc(Cl)c3)CCCCC2)C1. The summed E-state index contributed by atoms with van der Waals surface area (Å²) in [5.74, 6) is 0.759. The van der Waals surface area contributed by atoms with Gasteiger partial charge < -0.3 is 10.6 Å². The molecule has 120 valence electrons. The number of benzene rings is 1. The fourth-order valence-electron chi connectivity index (χ4n) is 4.08. The molecule has 1 amide bonds. The summed E-state index contributed by atoms with van der Waals surface area (Å²) in [5.41, 5.74) is 6.51. The van der Waals surface area contributed by atoms with E-state index in [1.165, 1.54) is 6.42 Å². The van der Waals surface area contributed by atoms with E-state index in [9.17, 15) is 4.79 Å². The van der Waals surface area contributed by atoms with Crippen LogP contribution in [-0.2, 0) is 10.2 Å². The van der Waals surface area contributed by atoms with Gasteiger partial charge in [0, 0.05) is 18.1 Å². The van der Waals surface area contributed by atoms with Crippen molar-refractivity contribution in [3.63, 3.8) is 0 Å². The van der Waals surface area contributed by atoms with Gasteiger partial charge in [0.15, 0.2) is 0 Å². The Morgan fingerprint density at radius 2 is 2.09 bits per heavy atom. The van der Waals surface area contributed by atoms with Crippen LogP contribution in [0.1, 0.15) is 44.1 Å². The molecular formula is C18H25ClN2O. The van der Waals surface area contributed by atoms with E-state index in [1.807, 2.05) is 23.1 Å². The molecule has 1 heterocycles. The molecule has 2 fully saturated rings. The third-order valence-electron chi connectivity index (χ3n) is 5.40. The zero-order valence-electron chi connectivity index (χ0n) is 13.1. The van der Waals surface area contributed by atoms with Crippen LogP contribution in [0.15, 0.2) is 24.3 Å². The van der Waals surface area contributed by atoms with Gasteiger partial charge in [-0.3, -0.25) is 4.79 Å². The van der Waals surface area contributed by atoms with Crippen LogP contribution in [0, 0.1) is 5.92 Å². The Bertz CT molecular complexity index is 540. The van der Waals surface area contributed by atoms with Crippen molar-refractivity contribution >= 4 is 17.5 Å². The summed E-state index contributed by atoms with van der Waals surface area (Å²) in [4.78, 5) is 15.4. The molecule has 0 spiro atoms. The minimum atomic E-state index is -0.368. The van der Waals surface area contributed by atoms with Gasteiger partial charge in [-0.1, -0.05) is 43.0 Å². The van der Waals surface area contributed by atoms with Crippen molar-refractivity contribution in [2.24, 2.45) is 11.7 Å². The number of hydrogen-bond donors (Lipinski definition) is 1. The third kappa shape index (κ3) is 2.89. The lowest BCUT2D eigenvalue weighted by Gasteiger charge is -2.39. The van der Waals surface area contributed by atoms with Gasteiger partial charge in [-0.25, -0.2) is 0 Å². The first-order chi connectivity index (χ1) is 10.7. The lowest BCUT2D eigenvalue weighted by Crippen LogP contribution is -2.47. The first-order valence-electron chi connectivity index (χ1n) is 8.41. The predicted molar refractivity (Wildman–Crippen MR) is 90.0 cm³/mol. The highest BCUT2D eigenvalue weighted by Crippen LogP contribution is 2.42. The molecule has 1 saturated heterocycles. The Balaban J connectivity index is 1.91. The lowest BCUT2D eigenvalue weighted by molar-refractivity contribution is -0.138. The number of hydrogen-bond acceptors (Lipinski definition) is 2. The standard InChI is InChI=1S/C18H25ClN2O/c19-16-6-4-5-15(11-16)18(8-2-1-3-9-18)17(22)21-10-7-14(12-20)13-21/h4-6,11,14H,1-3,7-10,12-13,20H2. The molecule has 3 nitrogen and oxygen atoms in total. The zero-order chi connectivity index (χ0) is 15.6. The fraction of sp³-hybridized carbons (Fsp3) is 0.611. The van der Waals surface area contributed by atoms with Crippen LogP contribution in [0.4, 0.5) is 0 Å². The Morgan fingerprint density at radius 3 is 2.73 bits per heavy atom. The number of nitrogens with zero attached hydrogens (tertiary/aromatic N) is 1. The van der Waals surface area contributed by atoms with Crippen molar-refractivity contribution in [1.82, 2.24) is 4.90 Å². The normalized spacial score (nSPS) is 24.5. The number of carbonyl (C=O) groups excluding carboxylic acids is 1. The summed E-state index contributed by atoms with van der Waals surface area (Å²) in [6.07, 6.45) is 6.37. The Morgan fingerprint density at radius 1 is 1.32 bits per heavy atom. The van der Waals surface area contributed by atoms with Gasteiger partial charge in [-0.15, -0.1) is 0 Å². The molecular weight excluding hydrogens is 296 g/mol. The molecule has 0 aromatic heterocycles. The van der Waals surface area contributed by atoms with Gasteiger partial charge in [-0.05, 0) is 49.4 Å². The van der Waals surface area contributed by atoms with E-state index in [4.69, 9.17) is 17.3 Å². The smallest absolute Gasteiger partial charge is 0.233 e. The van der Waals surface area contributed by atoms with Gasteiger partial charge in [0.1, 0.15) is 0 Å². The van der Waals surface area contributed by atoms with Gasteiger partial charge in [0.25, 0.3) is 0 Å². The highest BCUT2D eigenvalue weighted by Gasteiger charge is 2.44. The topological polar surface area (TPSA) is 46.3 Å². The van der Waals surface area contributed by atoms with Crippen molar-refractivity contribution < 1.29 is 4.79 Å². The molecule has 1 atom stereocenters. The van der Waals surface area contributed by atoms with E-state index in [1.54, 1.807) is 0 Å². The maximum atomic E-state index is 13.3. The Hall–Kier alpha value is -1.06.